The average Bonchev–Trinajstić information content (AvgIpc) is 2.71. The van der Waals surface area contributed by atoms with Crippen molar-refractivity contribution < 1.29 is 14.1 Å². The molecule has 156 valence electrons. The number of amides is 1. The zero-order chi connectivity index (χ0) is 20.4. The number of carbonyl (C=O) groups excluding carboxylic acids is 1. The van der Waals surface area contributed by atoms with Crippen LogP contribution in [0.25, 0.3) is 0 Å². The van der Waals surface area contributed by atoms with Gasteiger partial charge in [0.1, 0.15) is 5.75 Å². The molecule has 1 aromatic rings. The maximum Gasteiger partial charge on any atom is 0.255 e. The Morgan fingerprint density at radius 2 is 2.04 bits per heavy atom. The van der Waals surface area contributed by atoms with Crippen molar-refractivity contribution in [3.63, 3.8) is 0 Å². The van der Waals surface area contributed by atoms with E-state index in [9.17, 15) is 14.1 Å². The lowest BCUT2D eigenvalue weighted by atomic mass is 9.95. The fourth-order valence-electron chi connectivity index (χ4n) is 3.36. The van der Waals surface area contributed by atoms with Gasteiger partial charge in [0, 0.05) is 40.9 Å². The zero-order valence-corrected chi connectivity index (χ0v) is 17.6. The molecule has 7 nitrogen and oxygen atoms in total. The van der Waals surface area contributed by atoms with E-state index in [1.807, 2.05) is 13.8 Å². The molecule has 0 spiro atoms. The zero-order valence-electron chi connectivity index (χ0n) is 16.7. The fraction of sp³-hybridized carbons (Fsp3) is 0.600. The smallest absolute Gasteiger partial charge is 0.255 e. The Kier molecular flexibility index (Phi) is 9.27. The highest BCUT2D eigenvalue weighted by Gasteiger charge is 2.26. The Labute approximate surface area is 169 Å². The molecule has 1 aromatic carbocycles. The SMILES string of the molecule is CCNC(=NCCNC(=O)c1ccccc1O)NC1CCCC(S(=O)CC)C1. The molecule has 0 saturated heterocycles. The molecule has 1 fully saturated rings. The first kappa shape index (κ1) is 22.2. The van der Waals surface area contributed by atoms with Crippen molar-refractivity contribution >= 4 is 22.7 Å². The van der Waals surface area contributed by atoms with Gasteiger partial charge in [-0.05, 0) is 38.3 Å². The van der Waals surface area contributed by atoms with Crippen molar-refractivity contribution in [3.05, 3.63) is 29.8 Å². The number of nitrogens with one attached hydrogen (secondary N) is 3. The van der Waals surface area contributed by atoms with Crippen LogP contribution in [0.3, 0.4) is 0 Å². The van der Waals surface area contributed by atoms with Crippen molar-refractivity contribution in [2.75, 3.05) is 25.4 Å². The number of hydrogen-bond acceptors (Lipinski definition) is 4. The number of para-hydroxylation sites is 1. The van der Waals surface area contributed by atoms with E-state index < -0.39 is 10.8 Å². The molecular formula is C20H32N4O3S. The summed E-state index contributed by atoms with van der Waals surface area (Å²) < 4.78 is 12.1. The molecule has 28 heavy (non-hydrogen) atoms. The second kappa shape index (κ2) is 11.7. The topological polar surface area (TPSA) is 103 Å². The van der Waals surface area contributed by atoms with Gasteiger partial charge in [-0.3, -0.25) is 14.0 Å². The number of aliphatic imine (C=N–C) groups is 1. The number of phenols is 1. The molecule has 2 rings (SSSR count). The van der Waals surface area contributed by atoms with Crippen LogP contribution in [-0.4, -0.2) is 57.9 Å². The van der Waals surface area contributed by atoms with Crippen LogP contribution in [0, 0.1) is 0 Å². The minimum Gasteiger partial charge on any atom is -0.507 e. The van der Waals surface area contributed by atoms with E-state index in [0.29, 0.717) is 24.8 Å². The lowest BCUT2D eigenvalue weighted by Gasteiger charge is -2.30. The van der Waals surface area contributed by atoms with Crippen molar-refractivity contribution in [1.82, 2.24) is 16.0 Å². The van der Waals surface area contributed by atoms with Crippen LogP contribution in [-0.2, 0) is 10.8 Å². The summed E-state index contributed by atoms with van der Waals surface area (Å²) in [4.78, 5) is 16.6. The van der Waals surface area contributed by atoms with Crippen molar-refractivity contribution in [3.8, 4) is 5.75 Å². The lowest BCUT2D eigenvalue weighted by Crippen LogP contribution is -2.47. The molecule has 0 bridgehead atoms. The Morgan fingerprint density at radius 3 is 2.75 bits per heavy atom. The second-order valence-corrected chi connectivity index (χ2v) is 8.84. The van der Waals surface area contributed by atoms with E-state index >= 15 is 0 Å². The Balaban J connectivity index is 1.84. The van der Waals surface area contributed by atoms with Crippen LogP contribution in [0.15, 0.2) is 29.3 Å². The van der Waals surface area contributed by atoms with Gasteiger partial charge in [0.05, 0.1) is 12.1 Å². The summed E-state index contributed by atoms with van der Waals surface area (Å²) >= 11 is 0. The molecule has 1 saturated carbocycles. The highest BCUT2D eigenvalue weighted by molar-refractivity contribution is 7.85. The lowest BCUT2D eigenvalue weighted by molar-refractivity contribution is 0.0952. The van der Waals surface area contributed by atoms with Gasteiger partial charge in [-0.25, -0.2) is 0 Å². The van der Waals surface area contributed by atoms with E-state index in [0.717, 1.165) is 32.2 Å². The van der Waals surface area contributed by atoms with Crippen molar-refractivity contribution in [1.29, 1.82) is 0 Å². The summed E-state index contributed by atoms with van der Waals surface area (Å²) in [6.07, 6.45) is 4.05. The molecular weight excluding hydrogens is 376 g/mol. The number of guanidine groups is 1. The molecule has 1 aliphatic rings. The first-order valence-electron chi connectivity index (χ1n) is 10.0. The Bertz CT molecular complexity index is 696. The molecule has 1 aliphatic carbocycles. The largest absolute Gasteiger partial charge is 0.507 e. The third kappa shape index (κ3) is 6.82. The quantitative estimate of drug-likeness (QED) is 0.298. The molecule has 0 aliphatic heterocycles. The summed E-state index contributed by atoms with van der Waals surface area (Å²) in [5.74, 6) is 1.08. The number of aromatic hydroxyl groups is 1. The van der Waals surface area contributed by atoms with Gasteiger partial charge in [0.2, 0.25) is 0 Å². The predicted octanol–water partition coefficient (Wildman–Crippen LogP) is 1.76. The Hall–Kier alpha value is -2.09. The van der Waals surface area contributed by atoms with Crippen LogP contribution < -0.4 is 16.0 Å². The third-order valence-corrected chi connectivity index (χ3v) is 6.52. The van der Waals surface area contributed by atoms with Crippen molar-refractivity contribution in [2.24, 2.45) is 4.99 Å². The van der Waals surface area contributed by atoms with Crippen LogP contribution in [0.2, 0.25) is 0 Å². The van der Waals surface area contributed by atoms with Crippen LogP contribution in [0.4, 0.5) is 0 Å². The fourth-order valence-corrected chi connectivity index (χ4v) is 4.71. The van der Waals surface area contributed by atoms with E-state index in [2.05, 4.69) is 20.9 Å². The average molecular weight is 409 g/mol. The highest BCUT2D eigenvalue weighted by Crippen LogP contribution is 2.23. The van der Waals surface area contributed by atoms with Gasteiger partial charge in [-0.2, -0.15) is 0 Å². The molecule has 0 aromatic heterocycles. The minimum atomic E-state index is -0.753. The van der Waals surface area contributed by atoms with Crippen LogP contribution in [0.5, 0.6) is 5.75 Å². The number of carbonyl (C=O) groups is 1. The normalized spacial score (nSPS) is 21.0. The third-order valence-electron chi connectivity index (χ3n) is 4.78. The number of phenolic OH excluding ortho intramolecular Hbond substituents is 1. The first-order chi connectivity index (χ1) is 13.5. The molecule has 3 atom stereocenters. The van der Waals surface area contributed by atoms with Gasteiger partial charge in [-0.15, -0.1) is 0 Å². The van der Waals surface area contributed by atoms with Crippen molar-refractivity contribution in [2.45, 2.75) is 50.8 Å². The second-order valence-electron chi connectivity index (χ2n) is 6.83. The number of nitrogens with zero attached hydrogens (tertiary/aromatic N) is 1. The van der Waals surface area contributed by atoms with Crippen LogP contribution in [0.1, 0.15) is 49.9 Å². The van der Waals surface area contributed by atoms with Gasteiger partial charge >= 0.3 is 0 Å². The monoisotopic (exact) mass is 408 g/mol. The Morgan fingerprint density at radius 1 is 1.25 bits per heavy atom. The standard InChI is InChI=1S/C20H32N4O3S/c1-3-21-20(24-15-8-7-9-16(14-15)28(27)4-2)23-13-12-22-19(26)17-10-5-6-11-18(17)25/h5-6,10-11,15-16,25H,3-4,7-9,12-14H2,1-2H3,(H,22,26)(H2,21,23,24). The molecule has 0 heterocycles. The summed E-state index contributed by atoms with van der Waals surface area (Å²) in [5, 5.41) is 19.4. The molecule has 1 amide bonds. The van der Waals surface area contributed by atoms with Gasteiger partial charge in [0.25, 0.3) is 5.91 Å². The summed E-state index contributed by atoms with van der Waals surface area (Å²) in [7, 11) is -0.753. The first-order valence-corrected chi connectivity index (χ1v) is 11.4. The van der Waals surface area contributed by atoms with Crippen LogP contribution >= 0.6 is 0 Å². The van der Waals surface area contributed by atoms with E-state index in [4.69, 9.17) is 0 Å². The molecule has 3 unspecified atom stereocenters. The number of benzene rings is 1. The molecule has 0 radical (unpaired) electrons. The number of hydrogen-bond donors (Lipinski definition) is 4. The molecule has 8 heteroatoms. The maximum atomic E-state index is 12.1. The van der Waals surface area contributed by atoms with Gasteiger partial charge in [0.15, 0.2) is 5.96 Å². The van der Waals surface area contributed by atoms with E-state index in [1.165, 1.54) is 6.07 Å². The van der Waals surface area contributed by atoms with E-state index in [1.54, 1.807) is 18.2 Å². The van der Waals surface area contributed by atoms with Gasteiger partial charge in [-0.1, -0.05) is 25.5 Å². The van der Waals surface area contributed by atoms with E-state index in [-0.39, 0.29) is 28.5 Å². The minimum absolute atomic E-state index is 0.0326. The summed E-state index contributed by atoms with van der Waals surface area (Å²) in [5.41, 5.74) is 0.258. The maximum absolute atomic E-state index is 12.1. The summed E-state index contributed by atoms with van der Waals surface area (Å²) in [6, 6.07) is 6.73. The number of rotatable bonds is 8. The highest BCUT2D eigenvalue weighted by atomic mass is 32.2. The van der Waals surface area contributed by atoms with Gasteiger partial charge < -0.3 is 21.1 Å². The summed E-state index contributed by atoms with van der Waals surface area (Å²) in [6.45, 7) is 5.52. The molecule has 4 N–H and O–H groups in total. The predicted molar refractivity (Wildman–Crippen MR) is 114 cm³/mol.